The lowest BCUT2D eigenvalue weighted by molar-refractivity contribution is -0.170. The third kappa shape index (κ3) is 3.30. The van der Waals surface area contributed by atoms with Gasteiger partial charge in [0, 0.05) is 18.1 Å². The molecule has 1 unspecified atom stereocenters. The van der Waals surface area contributed by atoms with E-state index in [2.05, 4.69) is 19.0 Å². The summed E-state index contributed by atoms with van der Waals surface area (Å²) in [5, 5.41) is 4.06. The molecule has 0 radical (unpaired) electrons. The van der Waals surface area contributed by atoms with Crippen molar-refractivity contribution in [3.05, 3.63) is 17.5 Å². The van der Waals surface area contributed by atoms with Crippen LogP contribution in [0.5, 0.6) is 0 Å². The monoisotopic (exact) mass is 239 g/mol. The van der Waals surface area contributed by atoms with Crippen LogP contribution in [-0.4, -0.2) is 24.7 Å². The highest BCUT2D eigenvalue weighted by molar-refractivity contribution is 5.14. The third-order valence-corrected chi connectivity index (χ3v) is 3.09. The molecule has 1 aromatic heterocycles. The Labute approximate surface area is 102 Å². The molecule has 1 atom stereocenters. The van der Waals surface area contributed by atoms with E-state index in [4.69, 9.17) is 14.0 Å². The molecule has 0 aliphatic carbocycles. The summed E-state index contributed by atoms with van der Waals surface area (Å²) in [7, 11) is 0. The first-order valence-corrected chi connectivity index (χ1v) is 6.25. The van der Waals surface area contributed by atoms with Crippen LogP contribution in [0.1, 0.15) is 44.6 Å². The van der Waals surface area contributed by atoms with Crippen LogP contribution in [0.15, 0.2) is 10.6 Å². The molecule has 1 saturated heterocycles. The van der Waals surface area contributed by atoms with Crippen LogP contribution < -0.4 is 0 Å². The van der Waals surface area contributed by atoms with E-state index in [1.165, 1.54) is 6.42 Å². The smallest absolute Gasteiger partial charge is 0.157 e. The maximum atomic E-state index is 5.81. The summed E-state index contributed by atoms with van der Waals surface area (Å²) in [6.07, 6.45) is 3.28. The van der Waals surface area contributed by atoms with Crippen LogP contribution in [0, 0.1) is 6.92 Å². The summed E-state index contributed by atoms with van der Waals surface area (Å²) in [4.78, 5) is 0. The number of ether oxygens (including phenoxy) is 2. The standard InChI is InChI=1S/C13H21NO3/c1-10-8-11(14-17-10)13(2,3)9-16-12-6-4-5-7-15-12/h8,12H,4-7,9H2,1-3H3. The first kappa shape index (κ1) is 12.6. The molecular formula is C13H21NO3. The van der Waals surface area contributed by atoms with Crippen molar-refractivity contribution < 1.29 is 14.0 Å². The van der Waals surface area contributed by atoms with E-state index in [1.54, 1.807) is 0 Å². The molecule has 96 valence electrons. The molecule has 4 heteroatoms. The largest absolute Gasteiger partial charge is 0.361 e. The number of aromatic nitrogens is 1. The molecule has 0 saturated carbocycles. The van der Waals surface area contributed by atoms with Crippen LogP contribution in [0.2, 0.25) is 0 Å². The van der Waals surface area contributed by atoms with Crippen molar-refractivity contribution in [2.45, 2.75) is 51.7 Å². The minimum absolute atomic E-state index is 0.0453. The lowest BCUT2D eigenvalue weighted by Gasteiger charge is -2.28. The molecule has 4 nitrogen and oxygen atoms in total. The van der Waals surface area contributed by atoms with Crippen molar-refractivity contribution in [1.82, 2.24) is 5.16 Å². The van der Waals surface area contributed by atoms with Crippen molar-refractivity contribution in [3.8, 4) is 0 Å². The van der Waals surface area contributed by atoms with E-state index < -0.39 is 0 Å². The summed E-state index contributed by atoms with van der Waals surface area (Å²) < 4.78 is 16.5. The Bertz CT molecular complexity index is 353. The van der Waals surface area contributed by atoms with Gasteiger partial charge >= 0.3 is 0 Å². The molecule has 17 heavy (non-hydrogen) atoms. The highest BCUT2D eigenvalue weighted by Gasteiger charge is 2.27. The zero-order valence-electron chi connectivity index (χ0n) is 10.9. The summed E-state index contributed by atoms with van der Waals surface area (Å²) in [5.41, 5.74) is 0.796. The molecule has 1 aliphatic heterocycles. The fraction of sp³-hybridized carbons (Fsp3) is 0.769. The van der Waals surface area contributed by atoms with Crippen LogP contribution in [-0.2, 0) is 14.9 Å². The van der Waals surface area contributed by atoms with Crippen LogP contribution in [0.4, 0.5) is 0 Å². The maximum Gasteiger partial charge on any atom is 0.157 e. The van der Waals surface area contributed by atoms with E-state index in [1.807, 2.05) is 13.0 Å². The summed E-state index contributed by atoms with van der Waals surface area (Å²) in [5.74, 6) is 0.835. The molecule has 0 aromatic carbocycles. The van der Waals surface area contributed by atoms with E-state index >= 15 is 0 Å². The fourth-order valence-electron chi connectivity index (χ4n) is 1.90. The van der Waals surface area contributed by atoms with Gasteiger partial charge in [0.2, 0.25) is 0 Å². The quantitative estimate of drug-likeness (QED) is 0.810. The van der Waals surface area contributed by atoms with Gasteiger partial charge in [-0.3, -0.25) is 0 Å². The Morgan fingerprint density at radius 3 is 2.88 bits per heavy atom. The number of nitrogens with zero attached hydrogens (tertiary/aromatic N) is 1. The topological polar surface area (TPSA) is 44.5 Å². The highest BCUT2D eigenvalue weighted by Crippen LogP contribution is 2.25. The van der Waals surface area contributed by atoms with E-state index in [0.29, 0.717) is 6.61 Å². The predicted octanol–water partition coefficient (Wildman–Crippen LogP) is 2.80. The second-order valence-corrected chi connectivity index (χ2v) is 5.31. The van der Waals surface area contributed by atoms with Gasteiger partial charge in [0.05, 0.1) is 12.3 Å². The second-order valence-electron chi connectivity index (χ2n) is 5.31. The Balaban J connectivity index is 1.88. The van der Waals surface area contributed by atoms with Crippen LogP contribution >= 0.6 is 0 Å². The molecule has 1 aromatic rings. The van der Waals surface area contributed by atoms with Crippen molar-refractivity contribution in [2.75, 3.05) is 13.2 Å². The lowest BCUT2D eigenvalue weighted by atomic mass is 9.90. The fourth-order valence-corrected chi connectivity index (χ4v) is 1.90. The maximum absolute atomic E-state index is 5.81. The molecule has 2 heterocycles. The normalized spacial score (nSPS) is 21.7. The number of hydrogen-bond acceptors (Lipinski definition) is 4. The summed E-state index contributed by atoms with van der Waals surface area (Å²) >= 11 is 0. The van der Waals surface area contributed by atoms with Crippen LogP contribution in [0.25, 0.3) is 0 Å². The van der Waals surface area contributed by atoms with Gasteiger partial charge in [-0.2, -0.15) is 0 Å². The molecule has 1 aliphatic rings. The van der Waals surface area contributed by atoms with Gasteiger partial charge < -0.3 is 14.0 Å². The molecule has 0 amide bonds. The molecule has 2 rings (SSSR count). The summed E-state index contributed by atoms with van der Waals surface area (Å²) in [6.45, 7) is 7.52. The number of rotatable bonds is 4. The predicted molar refractivity (Wildman–Crippen MR) is 63.8 cm³/mol. The van der Waals surface area contributed by atoms with Gasteiger partial charge in [-0.15, -0.1) is 0 Å². The van der Waals surface area contributed by atoms with Crippen LogP contribution in [0.3, 0.4) is 0 Å². The Morgan fingerprint density at radius 2 is 2.29 bits per heavy atom. The van der Waals surface area contributed by atoms with E-state index in [-0.39, 0.29) is 11.7 Å². The second kappa shape index (κ2) is 5.19. The third-order valence-electron chi connectivity index (χ3n) is 3.09. The number of hydrogen-bond donors (Lipinski definition) is 0. The van der Waals surface area contributed by atoms with Gasteiger partial charge in [-0.05, 0) is 26.2 Å². The zero-order valence-corrected chi connectivity index (χ0v) is 10.9. The van der Waals surface area contributed by atoms with Crippen molar-refractivity contribution in [3.63, 3.8) is 0 Å². The van der Waals surface area contributed by atoms with Gasteiger partial charge in [0.15, 0.2) is 6.29 Å². The molecular weight excluding hydrogens is 218 g/mol. The first-order chi connectivity index (χ1) is 8.08. The summed E-state index contributed by atoms with van der Waals surface area (Å²) in [6, 6.07) is 1.96. The Morgan fingerprint density at radius 1 is 1.47 bits per heavy atom. The average molecular weight is 239 g/mol. The highest BCUT2D eigenvalue weighted by atomic mass is 16.7. The van der Waals surface area contributed by atoms with Crippen molar-refractivity contribution in [2.24, 2.45) is 0 Å². The number of aryl methyl sites for hydroxylation is 1. The lowest BCUT2D eigenvalue weighted by Crippen LogP contribution is -2.31. The Hall–Kier alpha value is -0.870. The van der Waals surface area contributed by atoms with Crippen molar-refractivity contribution >= 4 is 0 Å². The zero-order chi connectivity index (χ0) is 12.3. The van der Waals surface area contributed by atoms with E-state index in [9.17, 15) is 0 Å². The van der Waals surface area contributed by atoms with Gasteiger partial charge in [0.1, 0.15) is 5.76 Å². The Kier molecular flexibility index (Phi) is 3.84. The SMILES string of the molecule is Cc1cc(C(C)(C)COC2CCCCO2)no1. The molecule has 0 N–H and O–H groups in total. The molecule has 1 fully saturated rings. The average Bonchev–Trinajstić information content (AvgIpc) is 2.76. The van der Waals surface area contributed by atoms with Gasteiger partial charge in [-0.25, -0.2) is 0 Å². The van der Waals surface area contributed by atoms with Crippen molar-refractivity contribution in [1.29, 1.82) is 0 Å². The minimum Gasteiger partial charge on any atom is -0.361 e. The van der Waals surface area contributed by atoms with E-state index in [0.717, 1.165) is 30.9 Å². The minimum atomic E-state index is -0.140. The van der Waals surface area contributed by atoms with Gasteiger partial charge in [0.25, 0.3) is 0 Å². The molecule has 0 bridgehead atoms. The first-order valence-electron chi connectivity index (χ1n) is 6.25. The van der Waals surface area contributed by atoms with Gasteiger partial charge in [-0.1, -0.05) is 19.0 Å². The molecule has 0 spiro atoms.